The van der Waals surface area contributed by atoms with E-state index in [1.165, 1.54) is 82.6 Å². The Balaban J connectivity index is 2.17. The highest BCUT2D eigenvalue weighted by Crippen LogP contribution is 2.27. The lowest BCUT2D eigenvalue weighted by Gasteiger charge is -2.26. The van der Waals surface area contributed by atoms with Crippen LogP contribution in [0.1, 0.15) is 129 Å². The van der Waals surface area contributed by atoms with Gasteiger partial charge >= 0.3 is 5.97 Å². The molecule has 0 fully saturated rings. The van der Waals surface area contributed by atoms with Crippen molar-refractivity contribution in [1.29, 1.82) is 0 Å². The van der Waals surface area contributed by atoms with Gasteiger partial charge in [0, 0.05) is 23.0 Å². The van der Waals surface area contributed by atoms with Crippen LogP contribution in [-0.4, -0.2) is 28.3 Å². The second-order valence-electron chi connectivity index (χ2n) is 10.9. The first-order valence-electron chi connectivity index (χ1n) is 14.5. The summed E-state index contributed by atoms with van der Waals surface area (Å²) in [5.41, 5.74) is 1.27. The van der Waals surface area contributed by atoms with E-state index in [2.05, 4.69) is 38.2 Å². The molecule has 1 unspecified atom stereocenters. The largest absolute Gasteiger partial charge is 0.481 e. The van der Waals surface area contributed by atoms with Crippen LogP contribution in [0, 0.1) is 5.92 Å². The van der Waals surface area contributed by atoms with Crippen LogP contribution in [-0.2, 0) is 15.3 Å². The first-order chi connectivity index (χ1) is 17.3. The van der Waals surface area contributed by atoms with Gasteiger partial charge in [-0.2, -0.15) is 0 Å². The third-order valence-electron chi connectivity index (χ3n) is 6.86. The highest BCUT2D eigenvalue weighted by molar-refractivity contribution is 7.99. The van der Waals surface area contributed by atoms with E-state index in [1.807, 2.05) is 30.0 Å². The first-order valence-corrected chi connectivity index (χ1v) is 15.5. The second-order valence-corrected chi connectivity index (χ2v) is 12.6. The Bertz CT molecular complexity index is 692. The fourth-order valence-corrected chi connectivity index (χ4v) is 5.39. The van der Waals surface area contributed by atoms with Crippen molar-refractivity contribution in [2.45, 2.75) is 134 Å². The number of hydrogen-bond donors (Lipinski definition) is 2. The third-order valence-corrected chi connectivity index (χ3v) is 8.26. The number of hydrogen-bond acceptors (Lipinski definition) is 3. The molecule has 0 aliphatic carbocycles. The van der Waals surface area contributed by atoms with Gasteiger partial charge in [0.2, 0.25) is 5.91 Å². The molecular formula is C31H53NO3S. The van der Waals surface area contributed by atoms with E-state index in [1.54, 1.807) is 0 Å². The Hall–Kier alpha value is -1.49. The number of nitrogens with one attached hydrogen (secondary N) is 1. The van der Waals surface area contributed by atoms with E-state index in [0.717, 1.165) is 18.6 Å². The molecule has 0 bridgehead atoms. The normalized spacial score (nSPS) is 12.4. The summed E-state index contributed by atoms with van der Waals surface area (Å²) in [5, 5.41) is 12.3. The highest BCUT2D eigenvalue weighted by Gasteiger charge is 2.25. The molecule has 2 N–H and O–H groups in total. The molecule has 0 spiro atoms. The minimum Gasteiger partial charge on any atom is -0.481 e. The van der Waals surface area contributed by atoms with Crippen molar-refractivity contribution in [2.24, 2.45) is 5.92 Å². The zero-order valence-corrected chi connectivity index (χ0v) is 24.2. The molecule has 5 heteroatoms. The van der Waals surface area contributed by atoms with Crippen molar-refractivity contribution < 1.29 is 14.7 Å². The maximum atomic E-state index is 12.8. The van der Waals surface area contributed by atoms with Gasteiger partial charge in [0.1, 0.15) is 0 Å². The number of carboxylic acid groups (broad SMARTS) is 1. The van der Waals surface area contributed by atoms with Gasteiger partial charge in [0.25, 0.3) is 0 Å². The molecule has 36 heavy (non-hydrogen) atoms. The van der Waals surface area contributed by atoms with E-state index in [-0.39, 0.29) is 17.1 Å². The van der Waals surface area contributed by atoms with Gasteiger partial charge in [-0.1, -0.05) is 127 Å². The average molecular weight is 520 g/mol. The first kappa shape index (κ1) is 32.5. The lowest BCUT2D eigenvalue weighted by Crippen LogP contribution is -2.40. The number of carbonyl (C=O) groups is 2. The van der Waals surface area contributed by atoms with Crippen molar-refractivity contribution in [2.75, 3.05) is 6.54 Å². The Labute approximate surface area is 225 Å². The molecule has 4 nitrogen and oxygen atoms in total. The molecule has 1 atom stereocenters. The van der Waals surface area contributed by atoms with Gasteiger partial charge in [-0.15, -0.1) is 11.8 Å². The molecule has 1 amide bonds. The summed E-state index contributed by atoms with van der Waals surface area (Å²) in [5.74, 6) is -0.546. The van der Waals surface area contributed by atoms with E-state index in [9.17, 15) is 14.7 Å². The van der Waals surface area contributed by atoms with Crippen LogP contribution in [0.3, 0.4) is 0 Å². The number of carboxylic acids is 1. The predicted octanol–water partition coefficient (Wildman–Crippen LogP) is 8.78. The molecule has 0 saturated heterocycles. The standard InChI is InChI=1S/C31H53NO3S/c1-4-5-6-7-8-9-10-11-12-13-14-15-16-20-23-28(24-29(33)34)30(35)32-26-31(2,3)36-25-27-21-18-17-19-22-27/h17-19,21-22,28H,4-16,20,23-26H2,1-3H3,(H,32,35)(H,33,34). The van der Waals surface area contributed by atoms with Gasteiger partial charge in [0.15, 0.2) is 0 Å². The topological polar surface area (TPSA) is 66.4 Å². The molecule has 0 heterocycles. The van der Waals surface area contributed by atoms with E-state index < -0.39 is 11.9 Å². The summed E-state index contributed by atoms with van der Waals surface area (Å²) < 4.78 is -0.117. The van der Waals surface area contributed by atoms with Crippen LogP contribution in [0.15, 0.2) is 30.3 Å². The van der Waals surface area contributed by atoms with E-state index in [4.69, 9.17) is 0 Å². The third kappa shape index (κ3) is 17.9. The Kier molecular flexibility index (Phi) is 18.6. The molecule has 1 rings (SSSR count). The number of benzene rings is 1. The summed E-state index contributed by atoms with van der Waals surface area (Å²) in [6.07, 6.45) is 18.7. The molecule has 1 aromatic rings. The minimum atomic E-state index is -0.891. The minimum absolute atomic E-state index is 0.0815. The fourth-order valence-electron chi connectivity index (χ4n) is 4.47. The van der Waals surface area contributed by atoms with Gasteiger partial charge in [-0.05, 0) is 25.8 Å². The SMILES string of the molecule is CCCCCCCCCCCCCCCCC(CC(=O)O)C(=O)NCC(C)(C)SCc1ccccc1. The van der Waals surface area contributed by atoms with E-state index >= 15 is 0 Å². The Morgan fingerprint density at radius 3 is 1.83 bits per heavy atom. The molecule has 0 aliphatic rings. The summed E-state index contributed by atoms with van der Waals surface area (Å²) in [6.45, 7) is 7.06. The molecular weight excluding hydrogens is 466 g/mol. The summed E-state index contributed by atoms with van der Waals surface area (Å²) in [4.78, 5) is 24.1. The van der Waals surface area contributed by atoms with Gasteiger partial charge in [-0.3, -0.25) is 9.59 Å². The molecule has 0 aliphatic heterocycles. The van der Waals surface area contributed by atoms with Gasteiger partial charge < -0.3 is 10.4 Å². The van der Waals surface area contributed by atoms with Crippen LogP contribution in [0.5, 0.6) is 0 Å². The summed E-state index contributed by atoms with van der Waals surface area (Å²) >= 11 is 1.81. The molecule has 0 saturated carbocycles. The molecule has 0 aromatic heterocycles. The maximum absolute atomic E-state index is 12.8. The van der Waals surface area contributed by atoms with Crippen molar-refractivity contribution >= 4 is 23.6 Å². The van der Waals surface area contributed by atoms with Crippen molar-refractivity contribution in [3.8, 4) is 0 Å². The maximum Gasteiger partial charge on any atom is 0.304 e. The number of carbonyl (C=O) groups excluding carboxylic acids is 1. The van der Waals surface area contributed by atoms with Gasteiger partial charge in [-0.25, -0.2) is 0 Å². The molecule has 1 aromatic carbocycles. The van der Waals surface area contributed by atoms with Crippen LogP contribution in [0.25, 0.3) is 0 Å². The number of thioether (sulfide) groups is 1. The van der Waals surface area contributed by atoms with Crippen LogP contribution in [0.2, 0.25) is 0 Å². The van der Waals surface area contributed by atoms with Crippen LogP contribution < -0.4 is 5.32 Å². The monoisotopic (exact) mass is 519 g/mol. The Morgan fingerprint density at radius 1 is 0.833 bits per heavy atom. The van der Waals surface area contributed by atoms with Crippen LogP contribution in [0.4, 0.5) is 0 Å². The predicted molar refractivity (Wildman–Crippen MR) is 155 cm³/mol. The average Bonchev–Trinajstić information content (AvgIpc) is 2.86. The Morgan fingerprint density at radius 2 is 1.33 bits per heavy atom. The quantitative estimate of drug-likeness (QED) is 0.142. The summed E-state index contributed by atoms with van der Waals surface area (Å²) in [6, 6.07) is 10.3. The fraction of sp³-hybridized carbons (Fsp3) is 0.742. The van der Waals surface area contributed by atoms with Gasteiger partial charge in [0.05, 0.1) is 6.42 Å². The number of rotatable bonds is 23. The van der Waals surface area contributed by atoms with Crippen molar-refractivity contribution in [3.63, 3.8) is 0 Å². The van der Waals surface area contributed by atoms with Crippen molar-refractivity contribution in [1.82, 2.24) is 5.32 Å². The number of unbranched alkanes of at least 4 members (excludes halogenated alkanes) is 13. The van der Waals surface area contributed by atoms with E-state index in [0.29, 0.717) is 13.0 Å². The number of amides is 1. The smallest absolute Gasteiger partial charge is 0.304 e. The van der Waals surface area contributed by atoms with Crippen LogP contribution >= 0.6 is 11.8 Å². The zero-order chi connectivity index (χ0) is 26.5. The molecule has 0 radical (unpaired) electrons. The lowest BCUT2D eigenvalue weighted by molar-refractivity contribution is -0.141. The van der Waals surface area contributed by atoms with Crippen molar-refractivity contribution in [3.05, 3.63) is 35.9 Å². The zero-order valence-electron chi connectivity index (χ0n) is 23.4. The second kappa shape index (κ2) is 20.6. The highest BCUT2D eigenvalue weighted by atomic mass is 32.2. The molecule has 206 valence electrons. The number of aliphatic carboxylic acids is 1. The summed E-state index contributed by atoms with van der Waals surface area (Å²) in [7, 11) is 0. The lowest BCUT2D eigenvalue weighted by atomic mass is 9.96.